The van der Waals surface area contributed by atoms with E-state index in [9.17, 15) is 9.59 Å². The lowest BCUT2D eigenvalue weighted by atomic mass is 9.92. The number of amides is 3. The Morgan fingerprint density at radius 2 is 1.84 bits per heavy atom. The van der Waals surface area contributed by atoms with Crippen LogP contribution >= 0.6 is 0 Å². The minimum absolute atomic E-state index is 0.103. The summed E-state index contributed by atoms with van der Waals surface area (Å²) in [5.41, 5.74) is 1.41. The van der Waals surface area contributed by atoms with Gasteiger partial charge in [-0.15, -0.1) is 0 Å². The monoisotopic (exact) mass is 431 g/mol. The summed E-state index contributed by atoms with van der Waals surface area (Å²) in [5, 5.41) is 10.3. The second kappa shape index (κ2) is 10.8. The number of hydrogen-bond acceptors (Lipinski definition) is 5. The summed E-state index contributed by atoms with van der Waals surface area (Å²) >= 11 is 0. The predicted octanol–water partition coefficient (Wildman–Crippen LogP) is 2.79. The standard InChI is InChI=1S/C22H33N5O4/c1-7-23-21(29)26(12-13-30-5)15-20(28)24-19-14-18(22(2,3)4)25-27(19)16-8-10-17(31-6)11-9-16/h8-11,14H,7,12-13,15H2,1-6H3,(H,23,29)(H,24,28). The highest BCUT2D eigenvalue weighted by Crippen LogP contribution is 2.27. The topological polar surface area (TPSA) is 97.7 Å². The number of methoxy groups -OCH3 is 2. The number of anilines is 1. The zero-order valence-corrected chi connectivity index (χ0v) is 19.2. The number of nitrogens with zero attached hydrogens (tertiary/aromatic N) is 3. The van der Waals surface area contributed by atoms with Gasteiger partial charge in [0.15, 0.2) is 0 Å². The van der Waals surface area contributed by atoms with Crippen molar-refractivity contribution in [2.75, 3.05) is 45.8 Å². The summed E-state index contributed by atoms with van der Waals surface area (Å²) in [6.07, 6.45) is 0. The molecule has 0 aliphatic heterocycles. The van der Waals surface area contributed by atoms with E-state index in [4.69, 9.17) is 14.6 Å². The quantitative estimate of drug-likeness (QED) is 0.636. The second-order valence-corrected chi connectivity index (χ2v) is 8.07. The first-order valence-corrected chi connectivity index (χ1v) is 10.3. The van der Waals surface area contributed by atoms with E-state index in [1.807, 2.05) is 37.3 Å². The van der Waals surface area contributed by atoms with Gasteiger partial charge in [-0.1, -0.05) is 20.8 Å². The Labute approximate surface area is 183 Å². The highest BCUT2D eigenvalue weighted by atomic mass is 16.5. The molecule has 0 bridgehead atoms. The van der Waals surface area contributed by atoms with E-state index in [0.29, 0.717) is 25.5 Å². The Bertz CT molecular complexity index is 871. The van der Waals surface area contributed by atoms with Gasteiger partial charge in [0.25, 0.3) is 0 Å². The van der Waals surface area contributed by atoms with Crippen molar-refractivity contribution < 1.29 is 19.1 Å². The number of carbonyl (C=O) groups is 2. The lowest BCUT2D eigenvalue weighted by Gasteiger charge is -2.22. The number of hydrogen-bond donors (Lipinski definition) is 2. The van der Waals surface area contributed by atoms with Crippen LogP contribution in [-0.4, -0.2) is 67.1 Å². The molecule has 0 unspecified atom stereocenters. The average molecular weight is 432 g/mol. The maximum atomic E-state index is 12.8. The molecule has 0 radical (unpaired) electrons. The van der Waals surface area contributed by atoms with E-state index in [1.165, 1.54) is 4.90 Å². The number of ether oxygens (including phenoxy) is 2. The van der Waals surface area contributed by atoms with Gasteiger partial charge in [0.1, 0.15) is 18.1 Å². The Hall–Kier alpha value is -3.07. The minimum Gasteiger partial charge on any atom is -0.497 e. The van der Waals surface area contributed by atoms with Crippen LogP contribution in [0, 0.1) is 0 Å². The third-order valence-electron chi connectivity index (χ3n) is 4.58. The van der Waals surface area contributed by atoms with Crippen LogP contribution in [0.5, 0.6) is 5.75 Å². The van der Waals surface area contributed by atoms with Gasteiger partial charge in [-0.2, -0.15) is 5.10 Å². The van der Waals surface area contributed by atoms with Gasteiger partial charge in [-0.25, -0.2) is 9.48 Å². The molecule has 0 saturated carbocycles. The molecular weight excluding hydrogens is 398 g/mol. The van der Waals surface area contributed by atoms with Gasteiger partial charge >= 0.3 is 6.03 Å². The number of nitrogens with one attached hydrogen (secondary N) is 2. The number of carbonyl (C=O) groups excluding carboxylic acids is 2. The minimum atomic E-state index is -0.322. The summed E-state index contributed by atoms with van der Waals surface area (Å²) in [6.45, 7) is 9.01. The van der Waals surface area contributed by atoms with Crippen LogP contribution in [0.25, 0.3) is 5.69 Å². The number of benzene rings is 1. The predicted molar refractivity (Wildman–Crippen MR) is 120 cm³/mol. The summed E-state index contributed by atoms with van der Waals surface area (Å²) in [5.74, 6) is 0.938. The molecule has 0 saturated heterocycles. The van der Waals surface area contributed by atoms with Crippen LogP contribution in [-0.2, 0) is 14.9 Å². The summed E-state index contributed by atoms with van der Waals surface area (Å²) in [6, 6.07) is 8.95. The molecule has 2 N–H and O–H groups in total. The van der Waals surface area contributed by atoms with Gasteiger partial charge in [0.05, 0.1) is 25.1 Å². The molecule has 0 fully saturated rings. The molecule has 31 heavy (non-hydrogen) atoms. The van der Waals surface area contributed by atoms with Crippen molar-refractivity contribution in [3.8, 4) is 11.4 Å². The lowest BCUT2D eigenvalue weighted by molar-refractivity contribution is -0.116. The molecule has 1 heterocycles. The van der Waals surface area contributed by atoms with E-state index in [-0.39, 0.29) is 23.9 Å². The smallest absolute Gasteiger partial charge is 0.317 e. The van der Waals surface area contributed by atoms with Gasteiger partial charge in [-0.05, 0) is 31.2 Å². The van der Waals surface area contributed by atoms with Gasteiger partial charge < -0.3 is 25.0 Å². The van der Waals surface area contributed by atoms with Crippen LogP contribution in [0.3, 0.4) is 0 Å². The van der Waals surface area contributed by atoms with Gasteiger partial charge in [0.2, 0.25) is 5.91 Å². The first kappa shape index (κ1) is 24.2. The molecule has 0 aliphatic rings. The molecule has 2 rings (SSSR count). The van der Waals surface area contributed by atoms with Crippen LogP contribution in [0.4, 0.5) is 10.6 Å². The molecule has 9 nitrogen and oxygen atoms in total. The zero-order valence-electron chi connectivity index (χ0n) is 19.2. The normalized spacial score (nSPS) is 11.2. The van der Waals surface area contributed by atoms with Gasteiger partial charge in [0, 0.05) is 31.7 Å². The number of urea groups is 1. The van der Waals surface area contributed by atoms with Crippen LogP contribution in [0.1, 0.15) is 33.4 Å². The number of aromatic nitrogens is 2. The maximum Gasteiger partial charge on any atom is 0.317 e. The molecule has 1 aromatic heterocycles. The lowest BCUT2D eigenvalue weighted by Crippen LogP contribution is -2.45. The fourth-order valence-electron chi connectivity index (χ4n) is 2.83. The Morgan fingerprint density at radius 3 is 2.39 bits per heavy atom. The van der Waals surface area contributed by atoms with E-state index >= 15 is 0 Å². The van der Waals surface area contributed by atoms with Crippen LogP contribution in [0.2, 0.25) is 0 Å². The van der Waals surface area contributed by atoms with Crippen molar-refractivity contribution >= 4 is 17.8 Å². The van der Waals surface area contributed by atoms with Crippen molar-refractivity contribution in [3.63, 3.8) is 0 Å². The van der Waals surface area contributed by atoms with E-state index < -0.39 is 0 Å². The largest absolute Gasteiger partial charge is 0.497 e. The first-order valence-electron chi connectivity index (χ1n) is 10.3. The van der Waals surface area contributed by atoms with Crippen LogP contribution in [0.15, 0.2) is 30.3 Å². The highest BCUT2D eigenvalue weighted by Gasteiger charge is 2.23. The fourth-order valence-corrected chi connectivity index (χ4v) is 2.83. The molecule has 2 aromatic rings. The van der Waals surface area contributed by atoms with E-state index in [1.54, 1.807) is 18.9 Å². The van der Waals surface area contributed by atoms with Crippen molar-refractivity contribution in [1.29, 1.82) is 0 Å². The maximum absolute atomic E-state index is 12.8. The summed E-state index contributed by atoms with van der Waals surface area (Å²) in [4.78, 5) is 26.5. The second-order valence-electron chi connectivity index (χ2n) is 8.07. The van der Waals surface area contributed by atoms with E-state index in [2.05, 4.69) is 31.4 Å². The third kappa shape index (κ3) is 6.71. The third-order valence-corrected chi connectivity index (χ3v) is 4.58. The molecule has 3 amide bonds. The van der Waals surface area contributed by atoms with Crippen LogP contribution < -0.4 is 15.4 Å². The zero-order chi connectivity index (χ0) is 23.0. The average Bonchev–Trinajstić information content (AvgIpc) is 3.15. The van der Waals surface area contributed by atoms with Crippen molar-refractivity contribution in [2.24, 2.45) is 0 Å². The number of rotatable bonds is 9. The Balaban J connectivity index is 2.27. The molecule has 9 heteroatoms. The van der Waals surface area contributed by atoms with Crippen molar-refractivity contribution in [1.82, 2.24) is 20.0 Å². The molecule has 170 valence electrons. The summed E-state index contributed by atoms with van der Waals surface area (Å²) < 4.78 is 12.0. The van der Waals surface area contributed by atoms with Crippen molar-refractivity contribution in [2.45, 2.75) is 33.1 Å². The Morgan fingerprint density at radius 1 is 1.16 bits per heavy atom. The highest BCUT2D eigenvalue weighted by molar-refractivity contribution is 5.94. The molecule has 0 spiro atoms. The first-order chi connectivity index (χ1) is 14.7. The molecule has 0 atom stereocenters. The fraction of sp³-hybridized carbons (Fsp3) is 0.500. The van der Waals surface area contributed by atoms with Crippen molar-refractivity contribution in [3.05, 3.63) is 36.0 Å². The SMILES string of the molecule is CCNC(=O)N(CCOC)CC(=O)Nc1cc(C(C)(C)C)nn1-c1ccc(OC)cc1. The molecule has 1 aromatic carbocycles. The van der Waals surface area contributed by atoms with E-state index in [0.717, 1.165) is 17.1 Å². The molecular formula is C22H33N5O4. The Kier molecular flexibility index (Phi) is 8.44. The molecule has 0 aliphatic carbocycles. The van der Waals surface area contributed by atoms with Gasteiger partial charge in [-0.3, -0.25) is 4.79 Å². The summed E-state index contributed by atoms with van der Waals surface area (Å²) in [7, 11) is 3.16.